The van der Waals surface area contributed by atoms with Crippen molar-refractivity contribution < 1.29 is 14.3 Å². The van der Waals surface area contributed by atoms with Crippen LogP contribution in [0.5, 0.6) is 0 Å². The lowest BCUT2D eigenvalue weighted by molar-refractivity contribution is -0.124. The highest BCUT2D eigenvalue weighted by atomic mass is 16.5. The maximum Gasteiger partial charge on any atom is 0.239 e. The molecule has 0 saturated heterocycles. The molecule has 1 saturated carbocycles. The first-order valence-electron chi connectivity index (χ1n) is 6.92. The zero-order valence-electron chi connectivity index (χ0n) is 11.6. The summed E-state index contributed by atoms with van der Waals surface area (Å²) < 4.78 is 4.79. The van der Waals surface area contributed by atoms with E-state index in [4.69, 9.17) is 10.5 Å². The van der Waals surface area contributed by atoms with Gasteiger partial charge in [-0.3, -0.25) is 9.59 Å². The van der Waals surface area contributed by atoms with Gasteiger partial charge >= 0.3 is 0 Å². The van der Waals surface area contributed by atoms with E-state index < -0.39 is 6.04 Å². The Morgan fingerprint density at radius 1 is 1.26 bits per heavy atom. The van der Waals surface area contributed by atoms with Crippen molar-refractivity contribution in [3.63, 3.8) is 0 Å². The number of hydrogen-bond donors (Lipinski definition) is 3. The number of nitrogens with one attached hydrogen (secondary N) is 2. The molecular weight excluding hydrogens is 246 g/mol. The average molecular weight is 271 g/mol. The van der Waals surface area contributed by atoms with Gasteiger partial charge in [0.25, 0.3) is 0 Å². The Bertz CT molecular complexity index is 291. The molecular formula is C13H25N3O3. The molecule has 0 aromatic heterocycles. The molecule has 0 aromatic rings. The smallest absolute Gasteiger partial charge is 0.239 e. The van der Waals surface area contributed by atoms with E-state index in [2.05, 4.69) is 10.6 Å². The summed E-state index contributed by atoms with van der Waals surface area (Å²) in [5, 5.41) is 5.47. The summed E-state index contributed by atoms with van der Waals surface area (Å²) in [5.41, 5.74) is 5.55. The fraction of sp³-hybridized carbons (Fsp3) is 0.846. The van der Waals surface area contributed by atoms with Crippen LogP contribution in [0.3, 0.4) is 0 Å². The summed E-state index contributed by atoms with van der Waals surface area (Å²) in [6, 6.07) is -0.654. The van der Waals surface area contributed by atoms with Crippen LogP contribution >= 0.6 is 0 Å². The number of amides is 2. The average Bonchev–Trinajstić information content (AvgIpc) is 2.87. The van der Waals surface area contributed by atoms with Gasteiger partial charge < -0.3 is 21.1 Å². The van der Waals surface area contributed by atoms with Gasteiger partial charge in [0, 0.05) is 26.6 Å². The van der Waals surface area contributed by atoms with Crippen LogP contribution < -0.4 is 16.4 Å². The van der Waals surface area contributed by atoms with Gasteiger partial charge in [0.2, 0.25) is 11.8 Å². The number of ether oxygens (including phenoxy) is 1. The highest BCUT2D eigenvalue weighted by Crippen LogP contribution is 2.27. The molecule has 4 N–H and O–H groups in total. The van der Waals surface area contributed by atoms with Crippen molar-refractivity contribution in [1.29, 1.82) is 0 Å². The Morgan fingerprint density at radius 2 is 1.89 bits per heavy atom. The van der Waals surface area contributed by atoms with Gasteiger partial charge in [-0.1, -0.05) is 12.8 Å². The molecule has 1 fully saturated rings. The number of carbonyl (C=O) groups is 2. The highest BCUT2D eigenvalue weighted by molar-refractivity contribution is 5.81. The van der Waals surface area contributed by atoms with Gasteiger partial charge in [0.1, 0.15) is 6.04 Å². The fourth-order valence-electron chi connectivity index (χ4n) is 2.32. The third-order valence-electron chi connectivity index (χ3n) is 3.38. The largest absolute Gasteiger partial charge is 0.383 e. The van der Waals surface area contributed by atoms with Crippen molar-refractivity contribution in [2.45, 2.75) is 38.1 Å². The predicted molar refractivity (Wildman–Crippen MR) is 72.4 cm³/mol. The maximum absolute atomic E-state index is 11.6. The number of rotatable bonds is 8. The van der Waals surface area contributed by atoms with Crippen molar-refractivity contribution >= 4 is 11.8 Å². The van der Waals surface area contributed by atoms with Gasteiger partial charge in [-0.15, -0.1) is 0 Å². The van der Waals surface area contributed by atoms with Crippen LogP contribution in [0, 0.1) is 5.92 Å². The monoisotopic (exact) mass is 271 g/mol. The first-order chi connectivity index (χ1) is 9.13. The quantitative estimate of drug-likeness (QED) is 0.532. The zero-order chi connectivity index (χ0) is 14.1. The highest BCUT2D eigenvalue weighted by Gasteiger charge is 2.18. The first kappa shape index (κ1) is 15.9. The van der Waals surface area contributed by atoms with E-state index in [-0.39, 0.29) is 18.4 Å². The Labute approximate surface area is 114 Å². The SMILES string of the molecule is COCC(N)C(=O)NCCNC(=O)CC1CCCC1. The van der Waals surface area contributed by atoms with Crippen LogP contribution in [-0.2, 0) is 14.3 Å². The third kappa shape index (κ3) is 6.54. The summed E-state index contributed by atoms with van der Waals surface area (Å²) in [6.45, 7) is 1.03. The van der Waals surface area contributed by atoms with E-state index in [1.54, 1.807) is 0 Å². The molecule has 1 aliphatic carbocycles. The number of carbonyl (C=O) groups excluding carboxylic acids is 2. The van der Waals surface area contributed by atoms with E-state index in [9.17, 15) is 9.59 Å². The zero-order valence-corrected chi connectivity index (χ0v) is 11.6. The standard InChI is InChI=1S/C13H25N3O3/c1-19-9-11(14)13(18)16-7-6-15-12(17)8-10-4-2-3-5-10/h10-11H,2-9,14H2,1H3,(H,15,17)(H,16,18). The molecule has 0 bridgehead atoms. The van der Waals surface area contributed by atoms with Gasteiger partial charge in [-0.2, -0.15) is 0 Å². The number of nitrogens with two attached hydrogens (primary N) is 1. The molecule has 0 heterocycles. The number of methoxy groups -OCH3 is 1. The summed E-state index contributed by atoms with van der Waals surface area (Å²) in [7, 11) is 1.50. The minimum absolute atomic E-state index is 0.0716. The normalized spacial score (nSPS) is 17.2. The van der Waals surface area contributed by atoms with Gasteiger partial charge in [-0.25, -0.2) is 0 Å². The van der Waals surface area contributed by atoms with Crippen LogP contribution in [0.15, 0.2) is 0 Å². The summed E-state index contributed by atoms with van der Waals surface area (Å²) in [4.78, 5) is 23.0. The Kier molecular flexibility index (Phi) is 7.43. The maximum atomic E-state index is 11.6. The van der Waals surface area contributed by atoms with E-state index >= 15 is 0 Å². The van der Waals surface area contributed by atoms with Crippen LogP contribution in [0.25, 0.3) is 0 Å². The lowest BCUT2D eigenvalue weighted by Gasteiger charge is -2.12. The molecule has 110 valence electrons. The molecule has 6 nitrogen and oxygen atoms in total. The van der Waals surface area contributed by atoms with Gasteiger partial charge in [0.15, 0.2) is 0 Å². The van der Waals surface area contributed by atoms with Crippen molar-refractivity contribution in [2.24, 2.45) is 11.7 Å². The molecule has 1 aliphatic rings. The first-order valence-corrected chi connectivity index (χ1v) is 6.92. The molecule has 19 heavy (non-hydrogen) atoms. The second-order valence-corrected chi connectivity index (χ2v) is 5.06. The molecule has 0 aromatic carbocycles. The molecule has 0 aliphatic heterocycles. The molecule has 0 spiro atoms. The minimum Gasteiger partial charge on any atom is -0.383 e. The third-order valence-corrected chi connectivity index (χ3v) is 3.38. The van der Waals surface area contributed by atoms with Gasteiger partial charge in [-0.05, 0) is 18.8 Å². The van der Waals surface area contributed by atoms with E-state index in [0.717, 1.165) is 12.8 Å². The molecule has 1 rings (SSSR count). The Balaban J connectivity index is 2.03. The lowest BCUT2D eigenvalue weighted by atomic mass is 10.0. The molecule has 1 unspecified atom stereocenters. The Morgan fingerprint density at radius 3 is 2.53 bits per heavy atom. The van der Waals surface area contributed by atoms with E-state index in [1.807, 2.05) is 0 Å². The Hall–Kier alpha value is -1.14. The topological polar surface area (TPSA) is 93.4 Å². The van der Waals surface area contributed by atoms with E-state index in [1.165, 1.54) is 20.0 Å². The lowest BCUT2D eigenvalue weighted by Crippen LogP contribution is -2.45. The van der Waals surface area contributed by atoms with Gasteiger partial charge in [0.05, 0.1) is 6.61 Å². The minimum atomic E-state index is -0.654. The fourth-order valence-corrected chi connectivity index (χ4v) is 2.32. The van der Waals surface area contributed by atoms with Crippen molar-refractivity contribution in [3.05, 3.63) is 0 Å². The molecule has 0 radical (unpaired) electrons. The van der Waals surface area contributed by atoms with Crippen molar-refractivity contribution in [2.75, 3.05) is 26.8 Å². The van der Waals surface area contributed by atoms with E-state index in [0.29, 0.717) is 25.4 Å². The van der Waals surface area contributed by atoms with Crippen LogP contribution in [-0.4, -0.2) is 44.7 Å². The summed E-state index contributed by atoms with van der Waals surface area (Å²) in [5.74, 6) is 0.360. The van der Waals surface area contributed by atoms with Crippen molar-refractivity contribution in [1.82, 2.24) is 10.6 Å². The van der Waals surface area contributed by atoms with Crippen LogP contribution in [0.4, 0.5) is 0 Å². The second-order valence-electron chi connectivity index (χ2n) is 5.06. The molecule has 2 amide bonds. The summed E-state index contributed by atoms with van der Waals surface area (Å²) >= 11 is 0. The molecule has 6 heteroatoms. The molecule has 1 atom stereocenters. The summed E-state index contributed by atoms with van der Waals surface area (Å²) in [6.07, 6.45) is 5.42. The number of hydrogen-bond acceptors (Lipinski definition) is 4. The second kappa shape index (κ2) is 8.87. The van der Waals surface area contributed by atoms with Crippen LogP contribution in [0.2, 0.25) is 0 Å². The van der Waals surface area contributed by atoms with Crippen molar-refractivity contribution in [3.8, 4) is 0 Å². The van der Waals surface area contributed by atoms with Crippen LogP contribution in [0.1, 0.15) is 32.1 Å². The predicted octanol–water partition coefficient (Wildman–Crippen LogP) is -0.227.